The zero-order valence-electron chi connectivity index (χ0n) is 11.2. The minimum atomic E-state index is -0.496. The Kier molecular flexibility index (Phi) is 3.37. The van der Waals surface area contributed by atoms with E-state index < -0.39 is 5.54 Å². The van der Waals surface area contributed by atoms with Gasteiger partial charge in [0.2, 0.25) is 5.91 Å². The zero-order chi connectivity index (χ0) is 12.7. The van der Waals surface area contributed by atoms with Gasteiger partial charge < -0.3 is 10.1 Å². The molecule has 1 fully saturated rings. The number of hydrogen-bond donors (Lipinski definition) is 1. The molecule has 0 aromatic rings. The fraction of sp³-hybridized carbons (Fsp3) is 0.917. The van der Waals surface area contributed by atoms with Crippen LogP contribution in [0.3, 0.4) is 0 Å². The van der Waals surface area contributed by atoms with Crippen LogP contribution in [0, 0.1) is 5.92 Å². The van der Waals surface area contributed by atoms with Gasteiger partial charge in [0, 0.05) is 19.1 Å². The Labute approximate surface area is 98.2 Å². The lowest BCUT2D eigenvalue weighted by Gasteiger charge is -2.36. The Morgan fingerprint density at radius 1 is 1.44 bits per heavy atom. The fourth-order valence-electron chi connectivity index (χ4n) is 2.57. The zero-order valence-corrected chi connectivity index (χ0v) is 11.2. The van der Waals surface area contributed by atoms with Crippen LogP contribution >= 0.6 is 0 Å². The summed E-state index contributed by atoms with van der Waals surface area (Å²) >= 11 is 0. The van der Waals surface area contributed by atoms with Crippen molar-refractivity contribution in [3.05, 3.63) is 0 Å². The lowest BCUT2D eigenvalue weighted by Crippen LogP contribution is -2.50. The summed E-state index contributed by atoms with van der Waals surface area (Å²) in [7, 11) is 1.81. The number of nitrogens with zero attached hydrogens (tertiary/aromatic N) is 2. The molecular formula is C12H24N2O2. The molecule has 0 radical (unpaired) electrons. The quantitative estimate of drug-likeness (QED) is 0.783. The van der Waals surface area contributed by atoms with E-state index in [0.717, 1.165) is 0 Å². The van der Waals surface area contributed by atoms with E-state index in [2.05, 4.69) is 0 Å². The number of hydroxylamine groups is 2. The summed E-state index contributed by atoms with van der Waals surface area (Å²) in [4.78, 5) is 13.9. The Morgan fingerprint density at radius 2 is 1.94 bits per heavy atom. The predicted octanol–water partition coefficient (Wildman–Crippen LogP) is 1.73. The number of carbonyl (C=O) groups excluding carboxylic acids is 1. The molecule has 0 saturated carbocycles. The summed E-state index contributed by atoms with van der Waals surface area (Å²) in [6, 6.07) is 0. The molecule has 16 heavy (non-hydrogen) atoms. The highest BCUT2D eigenvalue weighted by molar-refractivity contribution is 5.80. The molecule has 0 aliphatic carbocycles. The van der Waals surface area contributed by atoms with Crippen LogP contribution in [0.15, 0.2) is 0 Å². The Morgan fingerprint density at radius 3 is 2.25 bits per heavy atom. The van der Waals surface area contributed by atoms with Crippen molar-refractivity contribution in [3.63, 3.8) is 0 Å². The standard InChI is InChI=1S/C12H24N2O2/c1-7-13(6)10(15)9-8-11(2,3)14(16)12(9,4)5/h9,16H,7-8H2,1-6H3. The summed E-state index contributed by atoms with van der Waals surface area (Å²) in [5.74, 6) is -0.0189. The number of hydrogen-bond acceptors (Lipinski definition) is 3. The number of rotatable bonds is 2. The van der Waals surface area contributed by atoms with E-state index in [4.69, 9.17) is 0 Å². The number of amides is 1. The molecule has 4 nitrogen and oxygen atoms in total. The second-order valence-electron chi connectivity index (χ2n) is 5.89. The molecule has 1 atom stereocenters. The highest BCUT2D eigenvalue weighted by Gasteiger charge is 2.54. The Hall–Kier alpha value is -0.610. The molecule has 1 aliphatic rings. The molecular weight excluding hydrogens is 204 g/mol. The molecule has 1 heterocycles. The Balaban J connectivity index is 2.96. The third-order valence-electron chi connectivity index (χ3n) is 3.82. The van der Waals surface area contributed by atoms with Gasteiger partial charge in [-0.15, -0.1) is 0 Å². The van der Waals surface area contributed by atoms with Gasteiger partial charge in [0.25, 0.3) is 0 Å². The summed E-state index contributed by atoms with van der Waals surface area (Å²) in [5, 5.41) is 11.5. The maximum Gasteiger partial charge on any atom is 0.227 e. The van der Waals surface area contributed by atoms with E-state index in [1.807, 2.05) is 41.7 Å². The topological polar surface area (TPSA) is 43.8 Å². The molecule has 4 heteroatoms. The molecule has 0 bridgehead atoms. The molecule has 0 spiro atoms. The lowest BCUT2D eigenvalue weighted by atomic mass is 9.86. The predicted molar refractivity (Wildman–Crippen MR) is 63.2 cm³/mol. The van der Waals surface area contributed by atoms with Gasteiger partial charge in [-0.1, -0.05) is 0 Å². The SMILES string of the molecule is CCN(C)C(=O)C1CC(C)(C)N(O)C1(C)C. The summed E-state index contributed by atoms with van der Waals surface area (Å²) in [5.41, 5.74) is -0.831. The van der Waals surface area contributed by atoms with Gasteiger partial charge in [-0.25, -0.2) is 0 Å². The second-order valence-corrected chi connectivity index (χ2v) is 5.89. The molecule has 0 aromatic heterocycles. The molecule has 0 aromatic carbocycles. The first kappa shape index (κ1) is 13.5. The second kappa shape index (κ2) is 4.00. The van der Waals surface area contributed by atoms with Gasteiger partial charge >= 0.3 is 0 Å². The van der Waals surface area contributed by atoms with E-state index >= 15 is 0 Å². The highest BCUT2D eigenvalue weighted by Crippen LogP contribution is 2.44. The normalized spacial score (nSPS) is 28.1. The van der Waals surface area contributed by atoms with Crippen LogP contribution in [0.4, 0.5) is 0 Å². The van der Waals surface area contributed by atoms with Gasteiger partial charge in [-0.3, -0.25) is 4.79 Å². The summed E-state index contributed by atoms with van der Waals surface area (Å²) in [6.45, 7) is 10.4. The fourth-order valence-corrected chi connectivity index (χ4v) is 2.57. The lowest BCUT2D eigenvalue weighted by molar-refractivity contribution is -0.198. The summed E-state index contributed by atoms with van der Waals surface area (Å²) in [6.07, 6.45) is 0.694. The van der Waals surface area contributed by atoms with Gasteiger partial charge in [0.05, 0.1) is 11.5 Å². The van der Waals surface area contributed by atoms with E-state index in [1.165, 1.54) is 5.06 Å². The molecule has 94 valence electrons. The average Bonchev–Trinajstić information content (AvgIpc) is 2.37. The molecule has 1 saturated heterocycles. The first-order chi connectivity index (χ1) is 7.14. The van der Waals surface area contributed by atoms with Crippen molar-refractivity contribution in [1.82, 2.24) is 9.96 Å². The van der Waals surface area contributed by atoms with Gasteiger partial charge in [0.15, 0.2) is 0 Å². The first-order valence-electron chi connectivity index (χ1n) is 5.88. The van der Waals surface area contributed by atoms with Crippen LogP contribution in [0.5, 0.6) is 0 Å². The minimum Gasteiger partial charge on any atom is -0.346 e. The summed E-state index contributed by atoms with van der Waals surface area (Å²) < 4.78 is 0. The molecule has 1 amide bonds. The van der Waals surface area contributed by atoms with Gasteiger partial charge in [-0.05, 0) is 41.0 Å². The molecule has 1 rings (SSSR count). The van der Waals surface area contributed by atoms with Crippen molar-refractivity contribution >= 4 is 5.91 Å². The van der Waals surface area contributed by atoms with Crippen molar-refractivity contribution in [2.24, 2.45) is 5.92 Å². The van der Waals surface area contributed by atoms with Crippen molar-refractivity contribution < 1.29 is 10.0 Å². The van der Waals surface area contributed by atoms with Crippen LogP contribution in [0.1, 0.15) is 41.0 Å². The smallest absolute Gasteiger partial charge is 0.227 e. The van der Waals surface area contributed by atoms with Gasteiger partial charge in [-0.2, -0.15) is 5.06 Å². The maximum atomic E-state index is 12.2. The van der Waals surface area contributed by atoms with E-state index in [0.29, 0.717) is 13.0 Å². The third kappa shape index (κ3) is 1.96. The molecule has 1 aliphatic heterocycles. The van der Waals surface area contributed by atoms with Crippen molar-refractivity contribution in [1.29, 1.82) is 0 Å². The largest absolute Gasteiger partial charge is 0.346 e. The van der Waals surface area contributed by atoms with Crippen molar-refractivity contribution in [2.75, 3.05) is 13.6 Å². The van der Waals surface area contributed by atoms with E-state index in [1.54, 1.807) is 4.90 Å². The minimum absolute atomic E-state index is 0.122. The van der Waals surface area contributed by atoms with Crippen LogP contribution in [-0.4, -0.2) is 45.7 Å². The third-order valence-corrected chi connectivity index (χ3v) is 3.82. The van der Waals surface area contributed by atoms with Crippen molar-refractivity contribution in [3.8, 4) is 0 Å². The molecule has 1 N–H and O–H groups in total. The number of carbonyl (C=O) groups is 1. The molecule has 1 unspecified atom stereocenters. The van der Waals surface area contributed by atoms with Crippen molar-refractivity contribution in [2.45, 2.75) is 52.1 Å². The maximum absolute atomic E-state index is 12.2. The van der Waals surface area contributed by atoms with Crippen LogP contribution in [0.25, 0.3) is 0 Å². The van der Waals surface area contributed by atoms with E-state index in [-0.39, 0.29) is 17.4 Å². The monoisotopic (exact) mass is 228 g/mol. The van der Waals surface area contributed by atoms with Gasteiger partial charge in [0.1, 0.15) is 0 Å². The van der Waals surface area contributed by atoms with E-state index in [9.17, 15) is 10.0 Å². The first-order valence-corrected chi connectivity index (χ1v) is 5.88. The highest BCUT2D eigenvalue weighted by atomic mass is 16.5. The Bertz CT molecular complexity index is 287. The average molecular weight is 228 g/mol. The van der Waals surface area contributed by atoms with Crippen LogP contribution in [0.2, 0.25) is 0 Å². The van der Waals surface area contributed by atoms with Crippen LogP contribution < -0.4 is 0 Å². The van der Waals surface area contributed by atoms with Crippen LogP contribution in [-0.2, 0) is 4.79 Å².